The maximum atomic E-state index is 14.2. The number of rotatable bonds is 5. The predicted octanol–water partition coefficient (Wildman–Crippen LogP) is 2.91. The molecule has 1 N–H and O–H groups in total. The highest BCUT2D eigenvalue weighted by Gasteiger charge is 2.66. The maximum absolute atomic E-state index is 14.2. The molecule has 5 rings (SSSR count). The lowest BCUT2D eigenvalue weighted by molar-refractivity contribution is -0.186. The van der Waals surface area contributed by atoms with Crippen LogP contribution in [0.3, 0.4) is 0 Å². The highest BCUT2D eigenvalue weighted by atomic mass is 19.1. The second-order valence-corrected chi connectivity index (χ2v) is 9.09. The summed E-state index contributed by atoms with van der Waals surface area (Å²) >= 11 is 0. The van der Waals surface area contributed by atoms with E-state index in [-0.39, 0.29) is 35.6 Å². The molecule has 0 saturated carbocycles. The van der Waals surface area contributed by atoms with Gasteiger partial charge in [0.15, 0.2) is 0 Å². The van der Waals surface area contributed by atoms with Crippen LogP contribution in [0.15, 0.2) is 54.6 Å². The van der Waals surface area contributed by atoms with E-state index in [4.69, 9.17) is 4.74 Å². The Balaban J connectivity index is 1.40. The van der Waals surface area contributed by atoms with Crippen molar-refractivity contribution in [1.82, 2.24) is 9.80 Å². The van der Waals surface area contributed by atoms with Crippen LogP contribution in [0.2, 0.25) is 0 Å². The minimum absolute atomic E-state index is 0.0379. The Morgan fingerprint density at radius 2 is 1.74 bits per heavy atom. The molecule has 1 spiro atoms. The number of amides is 1. The molecule has 0 aliphatic carbocycles. The summed E-state index contributed by atoms with van der Waals surface area (Å²) < 4.78 is 19.7. The molecule has 3 aliphatic heterocycles. The van der Waals surface area contributed by atoms with Crippen LogP contribution >= 0.6 is 0 Å². The van der Waals surface area contributed by atoms with E-state index in [1.54, 1.807) is 23.1 Å². The Morgan fingerprint density at radius 3 is 2.42 bits per heavy atom. The Morgan fingerprint density at radius 1 is 1.06 bits per heavy atom. The number of hydrogen-bond acceptors (Lipinski definition) is 4. The van der Waals surface area contributed by atoms with Crippen LogP contribution in [0.4, 0.5) is 4.39 Å². The molecule has 1 amide bonds. The van der Waals surface area contributed by atoms with Crippen LogP contribution < -0.4 is 0 Å². The van der Waals surface area contributed by atoms with Gasteiger partial charge in [0.2, 0.25) is 0 Å². The second kappa shape index (κ2) is 8.34. The summed E-state index contributed by atoms with van der Waals surface area (Å²) in [5.74, 6) is -0.0427. The highest BCUT2D eigenvalue weighted by molar-refractivity contribution is 5.95. The zero-order chi connectivity index (χ0) is 21.4. The van der Waals surface area contributed by atoms with Gasteiger partial charge in [-0.3, -0.25) is 9.69 Å². The summed E-state index contributed by atoms with van der Waals surface area (Å²) in [5.41, 5.74) is 1.12. The molecule has 6 heteroatoms. The summed E-state index contributed by atoms with van der Waals surface area (Å²) in [6.07, 6.45) is 2.05. The van der Waals surface area contributed by atoms with Crippen molar-refractivity contribution in [2.24, 2.45) is 5.92 Å². The molecule has 0 aromatic heterocycles. The van der Waals surface area contributed by atoms with E-state index in [2.05, 4.69) is 17.0 Å². The molecule has 2 atom stereocenters. The maximum Gasteiger partial charge on any atom is 0.256 e. The number of ether oxygens (including phenoxy) is 1. The van der Waals surface area contributed by atoms with Gasteiger partial charge in [-0.05, 0) is 36.5 Å². The van der Waals surface area contributed by atoms with Gasteiger partial charge in [-0.25, -0.2) is 4.39 Å². The average Bonchev–Trinajstić information content (AvgIpc) is 2.77. The van der Waals surface area contributed by atoms with Crippen LogP contribution in [0.1, 0.15) is 34.7 Å². The summed E-state index contributed by atoms with van der Waals surface area (Å²) in [6.45, 7) is 3.68. The van der Waals surface area contributed by atoms with E-state index >= 15 is 0 Å². The summed E-state index contributed by atoms with van der Waals surface area (Å²) in [5, 5.41) is 10.3. The van der Waals surface area contributed by atoms with Crippen molar-refractivity contribution in [2.75, 3.05) is 39.5 Å². The number of aliphatic hydroxyl groups excluding tert-OH is 1. The summed E-state index contributed by atoms with van der Waals surface area (Å²) in [6, 6.07) is 16.5. The number of hydrogen-bond donors (Lipinski definition) is 1. The van der Waals surface area contributed by atoms with E-state index in [1.165, 1.54) is 11.6 Å². The first kappa shape index (κ1) is 20.6. The molecule has 3 heterocycles. The Hall–Kier alpha value is -2.28. The van der Waals surface area contributed by atoms with Crippen LogP contribution in [0, 0.1) is 11.7 Å². The molecule has 3 saturated heterocycles. The molecule has 2 aromatic rings. The molecule has 5 nitrogen and oxygen atoms in total. The summed E-state index contributed by atoms with van der Waals surface area (Å²) in [4.78, 5) is 17.1. The first-order valence-electron chi connectivity index (χ1n) is 11.2. The van der Waals surface area contributed by atoms with Gasteiger partial charge < -0.3 is 14.7 Å². The smallest absolute Gasteiger partial charge is 0.256 e. The van der Waals surface area contributed by atoms with Crippen molar-refractivity contribution in [2.45, 2.75) is 30.3 Å². The van der Waals surface area contributed by atoms with Crippen LogP contribution in [-0.4, -0.2) is 71.8 Å². The van der Waals surface area contributed by atoms with Gasteiger partial charge >= 0.3 is 0 Å². The molecule has 31 heavy (non-hydrogen) atoms. The minimum Gasteiger partial charge on any atom is -0.395 e. The fraction of sp³-hybridized carbons (Fsp3) is 0.480. The van der Waals surface area contributed by atoms with Crippen LogP contribution in [0.5, 0.6) is 0 Å². The summed E-state index contributed by atoms with van der Waals surface area (Å²) in [7, 11) is 0. The number of halogens is 1. The molecule has 0 bridgehead atoms. The Kier molecular flexibility index (Phi) is 5.54. The number of carbonyl (C=O) groups excluding carboxylic acids is 1. The molecule has 164 valence electrons. The van der Waals surface area contributed by atoms with Gasteiger partial charge in [0, 0.05) is 44.8 Å². The first-order chi connectivity index (χ1) is 15.1. The largest absolute Gasteiger partial charge is 0.395 e. The monoisotopic (exact) mass is 424 g/mol. The topological polar surface area (TPSA) is 53.0 Å². The minimum atomic E-state index is -0.478. The highest BCUT2D eigenvalue weighted by Crippen LogP contribution is 2.54. The van der Waals surface area contributed by atoms with Gasteiger partial charge in [-0.15, -0.1) is 0 Å². The van der Waals surface area contributed by atoms with E-state index in [9.17, 15) is 14.3 Å². The van der Waals surface area contributed by atoms with Gasteiger partial charge in [0.1, 0.15) is 5.82 Å². The quantitative estimate of drug-likeness (QED) is 0.802. The SMILES string of the molecule is O=C(c1ccccc1F)N1CC2(C1)[C@H](c1ccccc1)[C@H](CO)N2CC1CCOCC1. The molecule has 2 aromatic carbocycles. The van der Waals surface area contributed by atoms with E-state index < -0.39 is 5.82 Å². The molecule has 3 fully saturated rings. The van der Waals surface area contributed by atoms with Crippen molar-refractivity contribution < 1.29 is 19.0 Å². The first-order valence-corrected chi connectivity index (χ1v) is 11.2. The number of benzene rings is 2. The van der Waals surface area contributed by atoms with Gasteiger partial charge in [0.05, 0.1) is 17.7 Å². The van der Waals surface area contributed by atoms with Crippen LogP contribution in [-0.2, 0) is 4.74 Å². The lowest BCUT2D eigenvalue weighted by atomic mass is 9.60. The van der Waals surface area contributed by atoms with E-state index in [1.807, 2.05) is 18.2 Å². The Bertz CT molecular complexity index is 925. The Labute approximate surface area is 182 Å². The van der Waals surface area contributed by atoms with Crippen molar-refractivity contribution >= 4 is 5.91 Å². The number of carbonyl (C=O) groups is 1. The van der Waals surface area contributed by atoms with Crippen molar-refractivity contribution in [1.29, 1.82) is 0 Å². The number of nitrogens with zero attached hydrogens (tertiary/aromatic N) is 2. The average molecular weight is 425 g/mol. The molecular weight excluding hydrogens is 395 g/mol. The third-order valence-electron chi connectivity index (χ3n) is 7.40. The van der Waals surface area contributed by atoms with E-state index in [0.717, 1.165) is 32.6 Å². The van der Waals surface area contributed by atoms with Gasteiger partial charge in [-0.1, -0.05) is 42.5 Å². The van der Waals surface area contributed by atoms with Crippen LogP contribution in [0.25, 0.3) is 0 Å². The zero-order valence-corrected chi connectivity index (χ0v) is 17.6. The predicted molar refractivity (Wildman–Crippen MR) is 115 cm³/mol. The number of aliphatic hydroxyl groups is 1. The fourth-order valence-electron chi connectivity index (χ4n) is 5.83. The fourth-order valence-corrected chi connectivity index (χ4v) is 5.83. The zero-order valence-electron chi connectivity index (χ0n) is 17.6. The lowest BCUT2D eigenvalue weighted by Gasteiger charge is -2.71. The normalized spacial score (nSPS) is 25.8. The van der Waals surface area contributed by atoms with Crippen molar-refractivity contribution in [3.63, 3.8) is 0 Å². The lowest BCUT2D eigenvalue weighted by Crippen LogP contribution is -2.85. The molecule has 3 aliphatic rings. The molecule has 0 radical (unpaired) electrons. The molecule has 0 unspecified atom stereocenters. The third-order valence-corrected chi connectivity index (χ3v) is 7.40. The van der Waals surface area contributed by atoms with Crippen molar-refractivity contribution in [3.05, 3.63) is 71.5 Å². The van der Waals surface area contributed by atoms with Gasteiger partial charge in [0.25, 0.3) is 5.91 Å². The number of likely N-dealkylation sites (tertiary alicyclic amines) is 2. The standard InChI is InChI=1S/C25H29FN2O3/c26-21-9-5-4-8-20(21)24(30)27-16-25(17-27)23(19-6-2-1-3-7-19)22(15-29)28(25)14-18-10-12-31-13-11-18/h1-9,18,22-23,29H,10-17H2/t22-,23+/m0/s1. The van der Waals surface area contributed by atoms with Crippen molar-refractivity contribution in [3.8, 4) is 0 Å². The van der Waals surface area contributed by atoms with Gasteiger partial charge in [-0.2, -0.15) is 0 Å². The van der Waals surface area contributed by atoms with E-state index in [0.29, 0.717) is 19.0 Å². The third kappa shape index (κ3) is 3.47. The molecular formula is C25H29FN2O3. The second-order valence-electron chi connectivity index (χ2n) is 9.09.